The van der Waals surface area contributed by atoms with Gasteiger partial charge in [0.25, 0.3) is 0 Å². The van der Waals surface area contributed by atoms with E-state index in [0.717, 1.165) is 27.8 Å². The molecule has 0 atom stereocenters. The third kappa shape index (κ3) is 4.63. The molecule has 50 heavy (non-hydrogen) atoms. The average Bonchev–Trinajstić information content (AvgIpc) is 3.74. The molecule has 10 aromatic rings. The Bertz CT molecular complexity index is 2800. The monoisotopic (exact) mass is 656 g/mol. The number of benzene rings is 7. The molecule has 7 aromatic carbocycles. The van der Waals surface area contributed by atoms with Crippen molar-refractivity contribution in [2.45, 2.75) is 0 Å². The van der Waals surface area contributed by atoms with Gasteiger partial charge in [0.15, 0.2) is 17.5 Å². The summed E-state index contributed by atoms with van der Waals surface area (Å²) in [4.78, 5) is 15.2. The molecule has 0 saturated heterocycles. The first-order valence-electron chi connectivity index (χ1n) is 16.7. The van der Waals surface area contributed by atoms with Gasteiger partial charge in [0, 0.05) is 42.9 Å². The largest absolute Gasteiger partial charge is 0.308 e. The van der Waals surface area contributed by atoms with E-state index in [1.54, 1.807) is 0 Å². The lowest BCUT2D eigenvalue weighted by molar-refractivity contribution is 1.08. The van der Waals surface area contributed by atoms with E-state index in [4.69, 9.17) is 15.0 Å². The zero-order valence-corrected chi connectivity index (χ0v) is 27.7. The van der Waals surface area contributed by atoms with Gasteiger partial charge < -0.3 is 4.57 Å². The van der Waals surface area contributed by atoms with Crippen LogP contribution in [-0.4, -0.2) is 19.5 Å². The molecule has 0 unspecified atom stereocenters. The Morgan fingerprint density at radius 2 is 0.980 bits per heavy atom. The van der Waals surface area contributed by atoms with Crippen molar-refractivity contribution in [3.05, 3.63) is 170 Å². The maximum atomic E-state index is 5.11. The molecule has 0 aliphatic heterocycles. The van der Waals surface area contributed by atoms with Crippen LogP contribution in [-0.2, 0) is 0 Å². The van der Waals surface area contributed by atoms with E-state index in [-0.39, 0.29) is 0 Å². The van der Waals surface area contributed by atoms with Crippen molar-refractivity contribution in [3.63, 3.8) is 0 Å². The molecule has 0 spiro atoms. The minimum Gasteiger partial charge on any atom is -0.308 e. The summed E-state index contributed by atoms with van der Waals surface area (Å²) < 4.78 is 4.86. The summed E-state index contributed by atoms with van der Waals surface area (Å²) in [5.41, 5.74) is 8.86. The van der Waals surface area contributed by atoms with Gasteiger partial charge in [-0.25, -0.2) is 15.0 Å². The summed E-state index contributed by atoms with van der Waals surface area (Å²) in [6.07, 6.45) is 0. The fourth-order valence-electron chi connectivity index (χ4n) is 7.16. The van der Waals surface area contributed by atoms with Crippen molar-refractivity contribution < 1.29 is 0 Å². The molecular weight excluding hydrogens is 629 g/mol. The Balaban J connectivity index is 1.23. The SMILES string of the molecule is c1ccc(-c2ccc3c4ccccc4n(-c4cccc5c4sc4cccc(-c6nc(-c7ccccc7)nc(-c7ccccc7)n6)c45)c3c2)cc1. The quantitative estimate of drug-likeness (QED) is 0.185. The third-order valence-electron chi connectivity index (χ3n) is 9.46. The van der Waals surface area contributed by atoms with Gasteiger partial charge in [0.05, 0.1) is 21.4 Å². The van der Waals surface area contributed by atoms with Gasteiger partial charge in [0.2, 0.25) is 0 Å². The lowest BCUT2D eigenvalue weighted by Gasteiger charge is -2.11. The third-order valence-corrected chi connectivity index (χ3v) is 10.7. The molecule has 0 N–H and O–H groups in total. The van der Waals surface area contributed by atoms with Gasteiger partial charge in [0.1, 0.15) is 0 Å². The first kappa shape index (κ1) is 28.6. The summed E-state index contributed by atoms with van der Waals surface area (Å²) in [6.45, 7) is 0. The van der Waals surface area contributed by atoms with E-state index in [1.807, 2.05) is 47.7 Å². The summed E-state index contributed by atoms with van der Waals surface area (Å²) in [5, 5.41) is 4.83. The van der Waals surface area contributed by atoms with Crippen LogP contribution in [0.5, 0.6) is 0 Å². The molecule has 4 nitrogen and oxygen atoms in total. The first-order valence-corrected chi connectivity index (χ1v) is 17.5. The normalized spacial score (nSPS) is 11.6. The highest BCUT2D eigenvalue weighted by molar-refractivity contribution is 7.26. The van der Waals surface area contributed by atoms with Gasteiger partial charge in [-0.3, -0.25) is 0 Å². The van der Waals surface area contributed by atoms with Crippen molar-refractivity contribution in [1.82, 2.24) is 19.5 Å². The van der Waals surface area contributed by atoms with Gasteiger partial charge in [-0.1, -0.05) is 146 Å². The number of para-hydroxylation sites is 1. The van der Waals surface area contributed by atoms with Crippen LogP contribution >= 0.6 is 11.3 Å². The molecule has 0 aliphatic carbocycles. The number of aromatic nitrogens is 4. The number of thiophene rings is 1. The van der Waals surface area contributed by atoms with Crippen LogP contribution in [0.2, 0.25) is 0 Å². The van der Waals surface area contributed by atoms with E-state index in [0.29, 0.717) is 17.5 Å². The second kappa shape index (κ2) is 11.6. The summed E-state index contributed by atoms with van der Waals surface area (Å²) in [7, 11) is 0. The number of hydrogen-bond acceptors (Lipinski definition) is 4. The molecule has 0 amide bonds. The lowest BCUT2D eigenvalue weighted by Crippen LogP contribution is -2.00. The average molecular weight is 657 g/mol. The molecule has 10 rings (SSSR count). The lowest BCUT2D eigenvalue weighted by atomic mass is 10.0. The summed E-state index contributed by atoms with van der Waals surface area (Å²) >= 11 is 1.82. The zero-order valence-electron chi connectivity index (χ0n) is 26.9. The molecule has 5 heteroatoms. The van der Waals surface area contributed by atoms with Crippen LogP contribution in [0.1, 0.15) is 0 Å². The van der Waals surface area contributed by atoms with Crippen molar-refractivity contribution >= 4 is 53.3 Å². The number of nitrogens with zero attached hydrogens (tertiary/aromatic N) is 4. The topological polar surface area (TPSA) is 43.6 Å². The molecular formula is C45H28N4S. The van der Waals surface area contributed by atoms with Crippen LogP contribution < -0.4 is 0 Å². The second-order valence-corrected chi connectivity index (χ2v) is 13.5. The van der Waals surface area contributed by atoms with E-state index in [2.05, 4.69) is 138 Å². The number of hydrogen-bond donors (Lipinski definition) is 0. The molecule has 0 saturated carbocycles. The second-order valence-electron chi connectivity index (χ2n) is 12.4. The molecule has 0 radical (unpaired) electrons. The van der Waals surface area contributed by atoms with Crippen molar-refractivity contribution in [3.8, 4) is 51.0 Å². The number of fused-ring (bicyclic) bond motifs is 6. The summed E-state index contributed by atoms with van der Waals surface area (Å²) in [6, 6.07) is 59.7. The predicted octanol–water partition coefficient (Wildman–Crippen LogP) is 12.0. The first-order chi connectivity index (χ1) is 24.8. The highest BCUT2D eigenvalue weighted by atomic mass is 32.1. The highest BCUT2D eigenvalue weighted by Crippen LogP contribution is 2.44. The van der Waals surface area contributed by atoms with E-state index in [9.17, 15) is 0 Å². The van der Waals surface area contributed by atoms with Gasteiger partial charge in [-0.15, -0.1) is 11.3 Å². The molecule has 234 valence electrons. The molecule has 0 bridgehead atoms. The van der Waals surface area contributed by atoms with Crippen LogP contribution in [0.4, 0.5) is 0 Å². The van der Waals surface area contributed by atoms with E-state index < -0.39 is 0 Å². The smallest absolute Gasteiger partial charge is 0.164 e. The van der Waals surface area contributed by atoms with Crippen LogP contribution in [0, 0.1) is 0 Å². The van der Waals surface area contributed by atoms with Crippen molar-refractivity contribution in [2.75, 3.05) is 0 Å². The van der Waals surface area contributed by atoms with Gasteiger partial charge in [-0.05, 0) is 35.4 Å². The van der Waals surface area contributed by atoms with Crippen LogP contribution in [0.25, 0.3) is 93.0 Å². The fraction of sp³-hybridized carbons (Fsp3) is 0. The highest BCUT2D eigenvalue weighted by Gasteiger charge is 2.20. The molecule has 3 aromatic heterocycles. The van der Waals surface area contributed by atoms with Crippen LogP contribution in [0.3, 0.4) is 0 Å². The van der Waals surface area contributed by atoms with Crippen LogP contribution in [0.15, 0.2) is 170 Å². The van der Waals surface area contributed by atoms with Crippen molar-refractivity contribution in [2.24, 2.45) is 0 Å². The predicted molar refractivity (Wildman–Crippen MR) is 209 cm³/mol. The maximum Gasteiger partial charge on any atom is 0.164 e. The van der Waals surface area contributed by atoms with Gasteiger partial charge in [-0.2, -0.15) is 0 Å². The van der Waals surface area contributed by atoms with Crippen molar-refractivity contribution in [1.29, 1.82) is 0 Å². The Morgan fingerprint density at radius 3 is 1.70 bits per heavy atom. The number of rotatable bonds is 5. The Kier molecular flexibility index (Phi) is 6.64. The Labute approximate surface area is 292 Å². The Morgan fingerprint density at radius 1 is 0.400 bits per heavy atom. The maximum absolute atomic E-state index is 5.11. The van der Waals surface area contributed by atoms with E-state index >= 15 is 0 Å². The summed E-state index contributed by atoms with van der Waals surface area (Å²) in [5.74, 6) is 1.98. The molecule has 0 aliphatic rings. The molecule has 0 fully saturated rings. The van der Waals surface area contributed by atoms with Gasteiger partial charge >= 0.3 is 0 Å². The zero-order chi connectivity index (χ0) is 33.0. The fourth-order valence-corrected chi connectivity index (χ4v) is 8.40. The van der Waals surface area contributed by atoms with E-state index in [1.165, 1.54) is 47.7 Å². The minimum absolute atomic E-state index is 0.659. The Hall–Kier alpha value is -6.43. The minimum atomic E-state index is 0.659. The molecule has 3 heterocycles. The standard InChI is InChI=1S/C45H28N4S/c1-4-14-29(15-5-1)32-26-27-34-33-20-10-11-23-37(33)49(39(34)28-32)38-24-12-21-35-41-36(22-13-25-40(41)50-42(35)38)45-47-43(30-16-6-2-7-17-30)46-44(48-45)31-18-8-3-9-19-31/h1-28H.